The van der Waals surface area contributed by atoms with Crippen molar-refractivity contribution in [2.45, 2.75) is 37.0 Å². The van der Waals surface area contributed by atoms with Gasteiger partial charge in [0.2, 0.25) is 11.8 Å². The molecule has 0 aliphatic heterocycles. The maximum atomic E-state index is 12.8. The Morgan fingerprint density at radius 2 is 1.72 bits per heavy atom. The van der Waals surface area contributed by atoms with Crippen molar-refractivity contribution in [3.63, 3.8) is 0 Å². The number of benzene rings is 2. The summed E-state index contributed by atoms with van der Waals surface area (Å²) in [5.41, 5.74) is 3.40. The van der Waals surface area contributed by atoms with E-state index in [9.17, 15) is 8.42 Å². The molecule has 0 saturated heterocycles. The highest BCUT2D eigenvalue weighted by Gasteiger charge is 2.23. The first kappa shape index (κ1) is 27.1. The Morgan fingerprint density at radius 3 is 2.33 bits per heavy atom. The fourth-order valence-corrected chi connectivity index (χ4v) is 4.86. The van der Waals surface area contributed by atoms with Crippen LogP contribution in [0.5, 0.6) is 0 Å². The van der Waals surface area contributed by atoms with Crippen LogP contribution in [0.2, 0.25) is 0 Å². The second kappa shape index (κ2) is 12.0. The Kier molecular flexibility index (Phi) is 9.03. The highest BCUT2D eigenvalue weighted by molar-refractivity contribution is 7.92. The number of hydrogen-bond acceptors (Lipinski definition) is 9. The van der Waals surface area contributed by atoms with Gasteiger partial charge in [0.05, 0.1) is 27.7 Å². The molecular weight excluding hydrogens is 478 g/mol. The Bertz CT molecular complexity index is 1320. The van der Waals surface area contributed by atoms with E-state index in [-0.39, 0.29) is 22.4 Å². The van der Waals surface area contributed by atoms with E-state index in [0.29, 0.717) is 42.1 Å². The monoisotopic (exact) mass is 509 g/mol. The molecule has 3 rings (SSSR count). The number of hydrogen-bond donors (Lipinski definition) is 3. The van der Waals surface area contributed by atoms with Gasteiger partial charge in [-0.05, 0) is 57.1 Å². The molecule has 0 radical (unpaired) electrons. The number of rotatable bonds is 10. The van der Waals surface area contributed by atoms with Gasteiger partial charge >= 0.3 is 0 Å². The van der Waals surface area contributed by atoms with Crippen molar-refractivity contribution in [1.29, 1.82) is 10.8 Å². The number of sulfone groups is 1. The second-order valence-corrected chi connectivity index (χ2v) is 10.7. The van der Waals surface area contributed by atoms with Gasteiger partial charge in [-0.25, -0.2) is 13.4 Å². The van der Waals surface area contributed by atoms with E-state index in [1.807, 2.05) is 19.2 Å². The van der Waals surface area contributed by atoms with Crippen LogP contribution in [-0.2, 0) is 25.9 Å². The van der Waals surface area contributed by atoms with Gasteiger partial charge in [0.1, 0.15) is 5.69 Å². The average Bonchev–Trinajstić information content (AvgIpc) is 2.88. The smallest absolute Gasteiger partial charge is 0.241 e. The first-order chi connectivity index (χ1) is 17.2. The number of nitrogens with one attached hydrogen (secondary N) is 3. The number of aromatic nitrogens is 2. The fourth-order valence-electron chi connectivity index (χ4n) is 3.48. The van der Waals surface area contributed by atoms with Gasteiger partial charge in [0, 0.05) is 31.4 Å². The number of ether oxygens (including phenoxy) is 2. The van der Waals surface area contributed by atoms with Crippen molar-refractivity contribution in [3.05, 3.63) is 77.2 Å². The molecule has 1 atom stereocenters. The summed E-state index contributed by atoms with van der Waals surface area (Å²) in [4.78, 5) is 9.06. The Hall–Kier alpha value is -3.47. The third kappa shape index (κ3) is 6.39. The Balaban J connectivity index is 1.77. The van der Waals surface area contributed by atoms with E-state index in [4.69, 9.17) is 20.3 Å². The van der Waals surface area contributed by atoms with E-state index >= 15 is 0 Å². The lowest BCUT2D eigenvalue weighted by Gasteiger charge is -2.13. The standard InChI is InChI=1S/C26H31N5O4S/c1-17(13-14-34-4)36(32,33)22-11-9-20(10-12-22)23-16-30-18(2)24(31-23)26(28)35-25(27)21-7-5-19(6-8-21)15-29-3/h5-12,16-17,27-29H,13-15H2,1-4H3. The summed E-state index contributed by atoms with van der Waals surface area (Å²) in [7, 11) is -0.0786. The zero-order valence-electron chi connectivity index (χ0n) is 20.8. The largest absolute Gasteiger partial charge is 0.419 e. The fraction of sp³-hybridized carbons (Fsp3) is 0.308. The number of methoxy groups -OCH3 is 1. The molecule has 1 aromatic heterocycles. The zero-order chi connectivity index (χ0) is 26.3. The van der Waals surface area contributed by atoms with Gasteiger partial charge in [-0.2, -0.15) is 0 Å². The van der Waals surface area contributed by atoms with Crippen molar-refractivity contribution >= 4 is 21.6 Å². The van der Waals surface area contributed by atoms with Crippen molar-refractivity contribution < 1.29 is 17.9 Å². The van der Waals surface area contributed by atoms with Crippen LogP contribution < -0.4 is 5.32 Å². The van der Waals surface area contributed by atoms with Gasteiger partial charge in [0.15, 0.2) is 9.84 Å². The molecular formula is C26H31N5O4S. The molecule has 0 aliphatic carbocycles. The Labute approximate surface area is 211 Å². The lowest BCUT2D eigenvalue weighted by molar-refractivity contribution is 0.194. The van der Waals surface area contributed by atoms with Crippen LogP contribution in [0.15, 0.2) is 59.6 Å². The predicted octanol–water partition coefficient (Wildman–Crippen LogP) is 3.74. The lowest BCUT2D eigenvalue weighted by atomic mass is 10.1. The van der Waals surface area contributed by atoms with E-state index in [1.54, 1.807) is 63.6 Å². The molecule has 0 aliphatic rings. The molecule has 36 heavy (non-hydrogen) atoms. The summed E-state index contributed by atoms with van der Waals surface area (Å²) in [6.07, 6.45) is 1.97. The number of aryl methyl sites for hydroxylation is 1. The van der Waals surface area contributed by atoms with Crippen LogP contribution in [0.3, 0.4) is 0 Å². The minimum atomic E-state index is -3.48. The molecule has 0 spiro atoms. The van der Waals surface area contributed by atoms with Crippen molar-refractivity contribution in [2.24, 2.45) is 0 Å². The molecule has 1 heterocycles. The molecule has 9 nitrogen and oxygen atoms in total. The predicted molar refractivity (Wildman–Crippen MR) is 139 cm³/mol. The first-order valence-corrected chi connectivity index (χ1v) is 13.0. The third-order valence-corrected chi connectivity index (χ3v) is 7.93. The highest BCUT2D eigenvalue weighted by atomic mass is 32.2. The van der Waals surface area contributed by atoms with E-state index in [1.165, 1.54) is 0 Å². The van der Waals surface area contributed by atoms with Crippen LogP contribution in [0.25, 0.3) is 11.3 Å². The van der Waals surface area contributed by atoms with Crippen LogP contribution in [-0.4, -0.2) is 56.2 Å². The molecule has 10 heteroatoms. The van der Waals surface area contributed by atoms with E-state index < -0.39 is 15.1 Å². The summed E-state index contributed by atoms with van der Waals surface area (Å²) in [6.45, 7) is 4.45. The summed E-state index contributed by atoms with van der Waals surface area (Å²) in [6, 6.07) is 13.7. The summed E-state index contributed by atoms with van der Waals surface area (Å²) >= 11 is 0. The van der Waals surface area contributed by atoms with Gasteiger partial charge in [-0.15, -0.1) is 0 Å². The minimum absolute atomic E-state index is 0.167. The number of nitrogens with zero attached hydrogens (tertiary/aromatic N) is 2. The van der Waals surface area contributed by atoms with Gasteiger partial charge in [-0.1, -0.05) is 24.3 Å². The second-order valence-electron chi connectivity index (χ2n) is 8.34. The molecule has 1 unspecified atom stereocenters. The molecule has 2 aromatic carbocycles. The van der Waals surface area contributed by atoms with Crippen molar-refractivity contribution in [2.75, 3.05) is 20.8 Å². The van der Waals surface area contributed by atoms with E-state index in [0.717, 1.165) is 5.56 Å². The van der Waals surface area contributed by atoms with Gasteiger partial charge in [0.25, 0.3) is 0 Å². The van der Waals surface area contributed by atoms with Crippen molar-refractivity contribution in [1.82, 2.24) is 15.3 Å². The third-order valence-electron chi connectivity index (χ3n) is 5.71. The van der Waals surface area contributed by atoms with Crippen molar-refractivity contribution in [3.8, 4) is 11.3 Å². The van der Waals surface area contributed by atoms with Crippen LogP contribution >= 0.6 is 0 Å². The zero-order valence-corrected chi connectivity index (χ0v) is 21.6. The first-order valence-electron chi connectivity index (χ1n) is 11.4. The molecule has 0 amide bonds. The quantitative estimate of drug-likeness (QED) is 0.280. The summed E-state index contributed by atoms with van der Waals surface area (Å²) in [5, 5.41) is 19.1. The highest BCUT2D eigenvalue weighted by Crippen LogP contribution is 2.23. The average molecular weight is 510 g/mol. The minimum Gasteiger partial charge on any atom is -0.419 e. The van der Waals surface area contributed by atoms with E-state index in [2.05, 4.69) is 15.3 Å². The van der Waals surface area contributed by atoms with Crippen LogP contribution in [0.4, 0.5) is 0 Å². The molecule has 0 saturated carbocycles. The molecule has 0 fully saturated rings. The maximum Gasteiger partial charge on any atom is 0.241 e. The van der Waals surface area contributed by atoms with Crippen LogP contribution in [0.1, 0.15) is 35.9 Å². The molecule has 3 N–H and O–H groups in total. The summed E-state index contributed by atoms with van der Waals surface area (Å²) < 4.78 is 36.1. The SMILES string of the molecule is CNCc1ccc(C(=N)OC(=N)c2nc(-c3ccc(S(=O)(=O)C(C)CCOC)cc3)cnc2C)cc1. The lowest BCUT2D eigenvalue weighted by Crippen LogP contribution is -2.19. The molecule has 0 bridgehead atoms. The topological polar surface area (TPSA) is 138 Å². The van der Waals surface area contributed by atoms with Crippen LogP contribution in [0, 0.1) is 17.7 Å². The Morgan fingerprint density at radius 1 is 1.06 bits per heavy atom. The summed E-state index contributed by atoms with van der Waals surface area (Å²) in [5.74, 6) is -0.461. The maximum absolute atomic E-state index is 12.8. The van der Waals surface area contributed by atoms with Gasteiger partial charge < -0.3 is 14.8 Å². The molecule has 3 aromatic rings. The molecule has 190 valence electrons. The normalized spacial score (nSPS) is 12.2. The van der Waals surface area contributed by atoms with Gasteiger partial charge in [-0.3, -0.25) is 15.8 Å².